The first-order valence-corrected chi connectivity index (χ1v) is 6.82. The van der Waals surface area contributed by atoms with Crippen molar-refractivity contribution in [1.29, 1.82) is 0 Å². The Morgan fingerprint density at radius 1 is 1.00 bits per heavy atom. The van der Waals surface area contributed by atoms with Crippen LogP contribution in [0.2, 0.25) is 0 Å². The van der Waals surface area contributed by atoms with Crippen LogP contribution in [0, 0.1) is 0 Å². The number of hydrogen-bond donors (Lipinski definition) is 2. The van der Waals surface area contributed by atoms with Gasteiger partial charge in [-0.15, -0.1) is 0 Å². The third kappa shape index (κ3) is 6.99. The van der Waals surface area contributed by atoms with Gasteiger partial charge in [0.2, 0.25) is 0 Å². The van der Waals surface area contributed by atoms with Crippen molar-refractivity contribution >= 4 is 0 Å². The molecule has 0 unspecified atom stereocenters. The van der Waals surface area contributed by atoms with E-state index in [1.54, 1.807) is 0 Å². The molecule has 0 atom stereocenters. The Morgan fingerprint density at radius 3 is 2.29 bits per heavy atom. The lowest BCUT2D eigenvalue weighted by molar-refractivity contribution is -0.182. The van der Waals surface area contributed by atoms with Gasteiger partial charge >= 0.3 is 0 Å². The first-order chi connectivity index (χ1) is 8.14. The van der Waals surface area contributed by atoms with Gasteiger partial charge in [-0.3, -0.25) is 0 Å². The summed E-state index contributed by atoms with van der Waals surface area (Å²) >= 11 is 0. The van der Waals surface area contributed by atoms with Gasteiger partial charge in [0.15, 0.2) is 12.1 Å². The molecule has 2 N–H and O–H groups in total. The Bertz CT molecular complexity index is 188. The van der Waals surface area contributed by atoms with Crippen LogP contribution in [0.3, 0.4) is 0 Å². The van der Waals surface area contributed by atoms with Gasteiger partial charge in [0, 0.05) is 19.3 Å². The molecule has 0 aromatic heterocycles. The lowest BCUT2D eigenvalue weighted by atomic mass is 10.0. The van der Waals surface area contributed by atoms with Crippen LogP contribution in [0.5, 0.6) is 0 Å². The van der Waals surface area contributed by atoms with Gasteiger partial charge in [0.1, 0.15) is 0 Å². The fraction of sp³-hybridized carbons (Fsp3) is 1.00. The SMILES string of the molecule is CCCCCCCC(O)(O)CCC1OCCO1. The Morgan fingerprint density at radius 2 is 1.65 bits per heavy atom. The van der Waals surface area contributed by atoms with Gasteiger partial charge < -0.3 is 19.7 Å². The van der Waals surface area contributed by atoms with Crippen LogP contribution >= 0.6 is 0 Å². The van der Waals surface area contributed by atoms with Crippen molar-refractivity contribution in [3.63, 3.8) is 0 Å². The second kappa shape index (κ2) is 8.03. The molecule has 4 heteroatoms. The summed E-state index contributed by atoms with van der Waals surface area (Å²) in [6, 6.07) is 0. The molecule has 1 aliphatic rings. The summed E-state index contributed by atoms with van der Waals surface area (Å²) in [5, 5.41) is 19.6. The Labute approximate surface area is 104 Å². The molecular formula is C13H26O4. The molecule has 1 aliphatic heterocycles. The zero-order chi connectivity index (χ0) is 12.6. The number of unbranched alkanes of at least 4 members (excludes halogenated alkanes) is 4. The van der Waals surface area contributed by atoms with Gasteiger partial charge in [-0.25, -0.2) is 0 Å². The molecule has 0 bridgehead atoms. The van der Waals surface area contributed by atoms with E-state index in [-0.39, 0.29) is 6.29 Å². The van der Waals surface area contributed by atoms with E-state index in [0.29, 0.717) is 32.5 Å². The third-order valence-corrected chi connectivity index (χ3v) is 3.15. The van der Waals surface area contributed by atoms with Gasteiger partial charge in [0.05, 0.1) is 13.2 Å². The molecule has 0 radical (unpaired) electrons. The third-order valence-electron chi connectivity index (χ3n) is 3.15. The second-order valence-electron chi connectivity index (χ2n) is 4.86. The first kappa shape index (κ1) is 14.9. The molecule has 0 amide bonds. The molecule has 1 fully saturated rings. The molecule has 0 spiro atoms. The first-order valence-electron chi connectivity index (χ1n) is 6.82. The van der Waals surface area contributed by atoms with E-state index in [2.05, 4.69) is 6.92 Å². The van der Waals surface area contributed by atoms with Crippen LogP contribution < -0.4 is 0 Å². The minimum absolute atomic E-state index is 0.242. The minimum atomic E-state index is -1.55. The standard InChI is InChI=1S/C13H26O4/c1-2-3-4-5-6-8-13(14,15)9-7-12-16-10-11-17-12/h12,14-15H,2-11H2,1H3. The molecule has 1 saturated heterocycles. The highest BCUT2D eigenvalue weighted by Gasteiger charge is 2.26. The van der Waals surface area contributed by atoms with E-state index in [1.807, 2.05) is 0 Å². The molecule has 102 valence electrons. The van der Waals surface area contributed by atoms with Crippen LogP contribution in [0.1, 0.15) is 58.3 Å². The smallest absolute Gasteiger partial charge is 0.162 e. The van der Waals surface area contributed by atoms with Crippen molar-refractivity contribution in [3.05, 3.63) is 0 Å². The van der Waals surface area contributed by atoms with Crippen LogP contribution in [0.4, 0.5) is 0 Å². The van der Waals surface area contributed by atoms with E-state index in [1.165, 1.54) is 19.3 Å². The summed E-state index contributed by atoms with van der Waals surface area (Å²) in [6.07, 6.45) is 6.66. The molecular weight excluding hydrogens is 220 g/mol. The Hall–Kier alpha value is -0.160. The van der Waals surface area contributed by atoms with E-state index in [9.17, 15) is 10.2 Å². The topological polar surface area (TPSA) is 58.9 Å². The highest BCUT2D eigenvalue weighted by atomic mass is 16.7. The van der Waals surface area contributed by atoms with Crippen LogP contribution in [-0.4, -0.2) is 35.5 Å². The number of rotatable bonds is 9. The molecule has 1 rings (SSSR count). The van der Waals surface area contributed by atoms with Crippen molar-refractivity contribution in [2.75, 3.05) is 13.2 Å². The normalized spacial score (nSPS) is 17.8. The maximum absolute atomic E-state index is 9.78. The second-order valence-corrected chi connectivity index (χ2v) is 4.86. The summed E-state index contributed by atoms with van der Waals surface area (Å²) in [4.78, 5) is 0. The lowest BCUT2D eigenvalue weighted by Gasteiger charge is -2.22. The summed E-state index contributed by atoms with van der Waals surface area (Å²) in [5.74, 6) is -1.55. The highest BCUT2D eigenvalue weighted by molar-refractivity contribution is 4.67. The highest BCUT2D eigenvalue weighted by Crippen LogP contribution is 2.21. The van der Waals surface area contributed by atoms with E-state index >= 15 is 0 Å². The average Bonchev–Trinajstić information content (AvgIpc) is 2.79. The summed E-state index contributed by atoms with van der Waals surface area (Å²) in [7, 11) is 0. The van der Waals surface area contributed by atoms with Gasteiger partial charge in [0.25, 0.3) is 0 Å². The Balaban J connectivity index is 2.03. The molecule has 1 heterocycles. The van der Waals surface area contributed by atoms with Crippen molar-refractivity contribution in [2.24, 2.45) is 0 Å². The summed E-state index contributed by atoms with van der Waals surface area (Å²) in [5.41, 5.74) is 0. The molecule has 0 aromatic carbocycles. The molecule has 17 heavy (non-hydrogen) atoms. The summed E-state index contributed by atoms with van der Waals surface area (Å²) < 4.78 is 10.5. The summed E-state index contributed by atoms with van der Waals surface area (Å²) in [6.45, 7) is 3.40. The monoisotopic (exact) mass is 246 g/mol. The molecule has 4 nitrogen and oxygen atoms in total. The van der Waals surface area contributed by atoms with Crippen LogP contribution in [0.25, 0.3) is 0 Å². The predicted molar refractivity (Wildman–Crippen MR) is 65.5 cm³/mol. The van der Waals surface area contributed by atoms with Gasteiger partial charge in [-0.1, -0.05) is 32.6 Å². The predicted octanol–water partition coefficient (Wildman–Crippen LogP) is 2.18. The average molecular weight is 246 g/mol. The zero-order valence-corrected chi connectivity index (χ0v) is 10.9. The number of aliphatic hydroxyl groups is 2. The van der Waals surface area contributed by atoms with Crippen LogP contribution in [0.15, 0.2) is 0 Å². The maximum atomic E-state index is 9.78. The molecule has 0 aromatic rings. The molecule has 0 saturated carbocycles. The minimum Gasteiger partial charge on any atom is -0.366 e. The van der Waals surface area contributed by atoms with Gasteiger partial charge in [-0.2, -0.15) is 0 Å². The van der Waals surface area contributed by atoms with E-state index < -0.39 is 5.79 Å². The largest absolute Gasteiger partial charge is 0.366 e. The fourth-order valence-corrected chi connectivity index (χ4v) is 2.06. The van der Waals surface area contributed by atoms with Crippen molar-refractivity contribution in [3.8, 4) is 0 Å². The van der Waals surface area contributed by atoms with Crippen LogP contribution in [-0.2, 0) is 9.47 Å². The van der Waals surface area contributed by atoms with Crippen molar-refractivity contribution in [2.45, 2.75) is 70.4 Å². The quantitative estimate of drug-likeness (QED) is 0.483. The fourth-order valence-electron chi connectivity index (χ4n) is 2.06. The maximum Gasteiger partial charge on any atom is 0.162 e. The van der Waals surface area contributed by atoms with Crippen molar-refractivity contribution < 1.29 is 19.7 Å². The number of hydrogen-bond acceptors (Lipinski definition) is 4. The van der Waals surface area contributed by atoms with Crippen molar-refractivity contribution in [1.82, 2.24) is 0 Å². The van der Waals surface area contributed by atoms with E-state index in [4.69, 9.17) is 9.47 Å². The number of ether oxygens (including phenoxy) is 2. The Kier molecular flexibility index (Phi) is 7.04. The van der Waals surface area contributed by atoms with Gasteiger partial charge in [-0.05, 0) is 6.42 Å². The molecule has 0 aliphatic carbocycles. The zero-order valence-electron chi connectivity index (χ0n) is 10.9. The lowest BCUT2D eigenvalue weighted by Crippen LogP contribution is -2.29. The van der Waals surface area contributed by atoms with E-state index in [0.717, 1.165) is 12.8 Å².